The Bertz CT molecular complexity index is 581. The first-order valence-electron chi connectivity index (χ1n) is 8.53. The highest BCUT2D eigenvalue weighted by Crippen LogP contribution is 2.25. The summed E-state index contributed by atoms with van der Waals surface area (Å²) < 4.78 is 0. The summed E-state index contributed by atoms with van der Waals surface area (Å²) >= 11 is 5.85. The van der Waals surface area contributed by atoms with Crippen molar-refractivity contribution >= 4 is 17.5 Å². The molecule has 0 unspecified atom stereocenters. The van der Waals surface area contributed by atoms with Crippen LogP contribution in [0.4, 0.5) is 0 Å². The summed E-state index contributed by atoms with van der Waals surface area (Å²) in [6.07, 6.45) is -0.813. The lowest BCUT2D eigenvalue weighted by atomic mass is 9.99. The summed E-state index contributed by atoms with van der Waals surface area (Å²) in [6, 6.07) is 7.16. The molecule has 0 saturated carbocycles. The van der Waals surface area contributed by atoms with Gasteiger partial charge in [-0.1, -0.05) is 23.7 Å². The summed E-state index contributed by atoms with van der Waals surface area (Å²) in [6.45, 7) is 4.70. The van der Waals surface area contributed by atoms with E-state index in [0.717, 1.165) is 5.56 Å². The normalized spacial score (nSPS) is 23.7. The van der Waals surface area contributed by atoms with E-state index in [1.54, 1.807) is 24.3 Å². The summed E-state index contributed by atoms with van der Waals surface area (Å²) in [5, 5.41) is 30.9. The molecular formula is C18H27ClN2O4. The van der Waals surface area contributed by atoms with Crippen LogP contribution >= 0.6 is 11.6 Å². The highest BCUT2D eigenvalue weighted by molar-refractivity contribution is 6.30. The van der Waals surface area contributed by atoms with Crippen LogP contribution in [0.5, 0.6) is 0 Å². The number of amides is 1. The molecule has 0 aromatic heterocycles. The van der Waals surface area contributed by atoms with Crippen molar-refractivity contribution in [3.63, 3.8) is 0 Å². The number of hydrogen-bond donors (Lipinski definition) is 3. The number of β-amino-alcohol motifs (C(OH)–C–C–N with tert-alkyl or cyclic N) is 2. The zero-order chi connectivity index (χ0) is 18.6. The van der Waals surface area contributed by atoms with E-state index in [0.29, 0.717) is 11.6 Å². The Morgan fingerprint density at radius 2 is 2.04 bits per heavy atom. The number of aliphatic hydroxyl groups is 3. The Hall–Kier alpha value is -1.18. The second-order valence-corrected chi connectivity index (χ2v) is 7.42. The van der Waals surface area contributed by atoms with E-state index in [1.165, 1.54) is 4.90 Å². The van der Waals surface area contributed by atoms with Gasteiger partial charge in [0.1, 0.15) is 11.7 Å². The molecule has 0 spiro atoms. The highest BCUT2D eigenvalue weighted by Gasteiger charge is 2.47. The van der Waals surface area contributed by atoms with Gasteiger partial charge >= 0.3 is 0 Å². The van der Waals surface area contributed by atoms with Crippen LogP contribution in [0.1, 0.15) is 19.4 Å². The smallest absolute Gasteiger partial charge is 0.227 e. The average Bonchev–Trinajstić information content (AvgIpc) is 2.84. The Kier molecular flexibility index (Phi) is 6.82. The van der Waals surface area contributed by atoms with Gasteiger partial charge in [0.15, 0.2) is 0 Å². The molecule has 1 aliphatic rings. The summed E-state index contributed by atoms with van der Waals surface area (Å²) in [7, 11) is 0. The number of benzene rings is 1. The van der Waals surface area contributed by atoms with Crippen LogP contribution in [0.25, 0.3) is 0 Å². The van der Waals surface area contributed by atoms with Gasteiger partial charge in [0.2, 0.25) is 5.91 Å². The molecule has 1 aromatic carbocycles. The van der Waals surface area contributed by atoms with Gasteiger partial charge in [-0.2, -0.15) is 0 Å². The van der Waals surface area contributed by atoms with Gasteiger partial charge in [0.05, 0.1) is 19.6 Å². The number of carbonyl (C=O) groups is 1. The maximum atomic E-state index is 12.5. The molecule has 1 amide bonds. The number of carbonyl (C=O) groups excluding carboxylic acids is 1. The lowest BCUT2D eigenvalue weighted by Gasteiger charge is -2.35. The lowest BCUT2D eigenvalue weighted by molar-refractivity contribution is -0.130. The number of aliphatic hydroxyl groups excluding tert-OH is 2. The van der Waals surface area contributed by atoms with Crippen molar-refractivity contribution < 1.29 is 20.1 Å². The molecule has 1 heterocycles. The Morgan fingerprint density at radius 1 is 1.40 bits per heavy atom. The molecule has 0 aliphatic carbocycles. The minimum absolute atomic E-state index is 0.0242. The van der Waals surface area contributed by atoms with Gasteiger partial charge in [0, 0.05) is 30.7 Å². The Morgan fingerprint density at radius 3 is 2.60 bits per heavy atom. The third-order valence-electron chi connectivity index (χ3n) is 4.69. The van der Waals surface area contributed by atoms with Crippen molar-refractivity contribution in [3.05, 3.63) is 34.9 Å². The van der Waals surface area contributed by atoms with Gasteiger partial charge in [-0.15, -0.1) is 0 Å². The molecule has 140 valence electrons. The van der Waals surface area contributed by atoms with Crippen LogP contribution in [-0.2, 0) is 11.2 Å². The van der Waals surface area contributed by atoms with E-state index in [-0.39, 0.29) is 44.6 Å². The molecule has 1 aromatic rings. The molecule has 7 heteroatoms. The minimum atomic E-state index is -1.39. The van der Waals surface area contributed by atoms with E-state index in [4.69, 9.17) is 11.6 Å². The standard InChI is InChI=1S/C18H27ClN2O4/c1-13(2)20(7-8-22)11-18(25)12-21(10-16(18)23)17(24)9-14-3-5-15(19)6-4-14/h3-6,13,16,22-23,25H,7-12H2,1-2H3/t16-,18+/m1/s1. The maximum absolute atomic E-state index is 12.5. The first kappa shape index (κ1) is 20.1. The van der Waals surface area contributed by atoms with Crippen LogP contribution in [0, 0.1) is 0 Å². The molecule has 3 N–H and O–H groups in total. The first-order valence-corrected chi connectivity index (χ1v) is 8.90. The lowest BCUT2D eigenvalue weighted by Crippen LogP contribution is -2.53. The Balaban J connectivity index is 2.01. The quantitative estimate of drug-likeness (QED) is 0.651. The van der Waals surface area contributed by atoms with Crippen LogP contribution in [-0.4, -0.2) is 81.6 Å². The fourth-order valence-corrected chi connectivity index (χ4v) is 3.24. The molecular weight excluding hydrogens is 344 g/mol. The number of halogens is 1. The van der Waals surface area contributed by atoms with Crippen LogP contribution in [0.15, 0.2) is 24.3 Å². The summed E-state index contributed by atoms with van der Waals surface area (Å²) in [5.74, 6) is -0.143. The highest BCUT2D eigenvalue weighted by atomic mass is 35.5. The summed E-state index contributed by atoms with van der Waals surface area (Å²) in [5.41, 5.74) is -0.557. The van der Waals surface area contributed by atoms with E-state index >= 15 is 0 Å². The van der Waals surface area contributed by atoms with Gasteiger partial charge in [-0.3, -0.25) is 9.69 Å². The third kappa shape index (κ3) is 5.15. The van der Waals surface area contributed by atoms with Gasteiger partial charge in [-0.05, 0) is 31.5 Å². The Labute approximate surface area is 153 Å². The van der Waals surface area contributed by atoms with E-state index < -0.39 is 11.7 Å². The van der Waals surface area contributed by atoms with Gasteiger partial charge in [0.25, 0.3) is 0 Å². The molecule has 0 radical (unpaired) electrons. The van der Waals surface area contributed by atoms with Crippen molar-refractivity contribution in [2.75, 3.05) is 32.8 Å². The average molecular weight is 371 g/mol. The van der Waals surface area contributed by atoms with Crippen molar-refractivity contribution in [1.29, 1.82) is 0 Å². The third-order valence-corrected chi connectivity index (χ3v) is 4.95. The van der Waals surface area contributed by atoms with Crippen LogP contribution in [0.3, 0.4) is 0 Å². The number of nitrogens with zero attached hydrogens (tertiary/aromatic N) is 2. The molecule has 2 atom stereocenters. The van der Waals surface area contributed by atoms with Crippen molar-refractivity contribution in [3.8, 4) is 0 Å². The largest absolute Gasteiger partial charge is 0.395 e. The van der Waals surface area contributed by atoms with Crippen molar-refractivity contribution in [1.82, 2.24) is 9.80 Å². The van der Waals surface area contributed by atoms with E-state index in [1.807, 2.05) is 18.7 Å². The zero-order valence-electron chi connectivity index (χ0n) is 14.7. The van der Waals surface area contributed by atoms with Crippen molar-refractivity contribution in [2.45, 2.75) is 38.0 Å². The van der Waals surface area contributed by atoms with E-state index in [9.17, 15) is 20.1 Å². The second kappa shape index (κ2) is 8.47. The fourth-order valence-electron chi connectivity index (χ4n) is 3.11. The molecule has 25 heavy (non-hydrogen) atoms. The van der Waals surface area contributed by atoms with Crippen LogP contribution < -0.4 is 0 Å². The number of likely N-dealkylation sites (tertiary alicyclic amines) is 1. The SMILES string of the molecule is CC(C)N(CCO)C[C@]1(O)CN(C(=O)Cc2ccc(Cl)cc2)C[C@H]1O. The fraction of sp³-hybridized carbons (Fsp3) is 0.611. The summed E-state index contributed by atoms with van der Waals surface area (Å²) in [4.78, 5) is 15.9. The topological polar surface area (TPSA) is 84.2 Å². The number of hydrogen-bond acceptors (Lipinski definition) is 5. The van der Waals surface area contributed by atoms with Gasteiger partial charge < -0.3 is 20.2 Å². The van der Waals surface area contributed by atoms with Crippen molar-refractivity contribution in [2.24, 2.45) is 0 Å². The molecule has 2 rings (SSSR count). The molecule has 1 aliphatic heterocycles. The first-order chi connectivity index (χ1) is 11.7. The minimum Gasteiger partial charge on any atom is -0.395 e. The monoisotopic (exact) mass is 370 g/mol. The molecule has 1 saturated heterocycles. The van der Waals surface area contributed by atoms with E-state index in [2.05, 4.69) is 0 Å². The maximum Gasteiger partial charge on any atom is 0.227 e. The predicted molar refractivity (Wildman–Crippen MR) is 96.5 cm³/mol. The second-order valence-electron chi connectivity index (χ2n) is 6.98. The predicted octanol–water partition coefficient (Wildman–Crippen LogP) is 0.519. The molecule has 1 fully saturated rings. The van der Waals surface area contributed by atoms with Crippen LogP contribution in [0.2, 0.25) is 5.02 Å². The molecule has 0 bridgehead atoms. The number of rotatable bonds is 7. The van der Waals surface area contributed by atoms with Gasteiger partial charge in [-0.25, -0.2) is 0 Å². The molecule has 6 nitrogen and oxygen atoms in total. The zero-order valence-corrected chi connectivity index (χ0v) is 15.5.